The summed E-state index contributed by atoms with van der Waals surface area (Å²) in [4.78, 5) is 13.5. The van der Waals surface area contributed by atoms with Gasteiger partial charge in [-0.15, -0.1) is 12.4 Å². The molecule has 1 fully saturated rings. The summed E-state index contributed by atoms with van der Waals surface area (Å²) in [5, 5.41) is 3.48. The van der Waals surface area contributed by atoms with E-state index in [2.05, 4.69) is 56.3 Å². The first kappa shape index (κ1) is 22.7. The van der Waals surface area contributed by atoms with Crippen LogP contribution < -0.4 is 20.7 Å². The summed E-state index contributed by atoms with van der Waals surface area (Å²) in [6, 6.07) is 16.2. The first-order valence-corrected chi connectivity index (χ1v) is 10.2. The number of aliphatic imine (C=N–C) groups is 2. The van der Waals surface area contributed by atoms with Crippen molar-refractivity contribution in [1.29, 1.82) is 0 Å². The molecular weight excluding hydrogens is 416 g/mol. The maximum Gasteiger partial charge on any atom is 0.222 e. The van der Waals surface area contributed by atoms with Gasteiger partial charge in [-0.3, -0.25) is 4.90 Å². The zero-order valence-corrected chi connectivity index (χ0v) is 18.6. The maximum atomic E-state index is 6.12. The van der Waals surface area contributed by atoms with Crippen LogP contribution in [0.3, 0.4) is 0 Å². The largest absolute Gasteiger partial charge is 0.494 e. The summed E-state index contributed by atoms with van der Waals surface area (Å²) >= 11 is 0. The van der Waals surface area contributed by atoms with E-state index < -0.39 is 6.29 Å². The predicted molar refractivity (Wildman–Crippen MR) is 127 cm³/mol. The minimum Gasteiger partial charge on any atom is -0.494 e. The van der Waals surface area contributed by atoms with Crippen molar-refractivity contribution >= 4 is 35.7 Å². The monoisotopic (exact) mass is 444 g/mol. The summed E-state index contributed by atoms with van der Waals surface area (Å²) in [7, 11) is 0. The highest BCUT2D eigenvalue weighted by Crippen LogP contribution is 2.25. The number of morpholine rings is 1. The standard InChI is InChI=1S/C22H28N6O2.ClH/c1-3-30-19-10-6-17(7-11-19)24-21-25-20(23)26-22(27-12-14-29-15-13-27)28(21)18-8-4-16(2)5-9-18;/h4-11,21,24H,3,12-15H2,1-2H3,(H2,23,25);1H. The Morgan fingerprint density at radius 3 is 2.42 bits per heavy atom. The quantitative estimate of drug-likeness (QED) is 0.737. The second kappa shape index (κ2) is 10.4. The van der Waals surface area contributed by atoms with E-state index in [4.69, 9.17) is 15.2 Å². The first-order chi connectivity index (χ1) is 14.6. The van der Waals surface area contributed by atoms with Crippen molar-refractivity contribution in [2.24, 2.45) is 15.7 Å². The van der Waals surface area contributed by atoms with Gasteiger partial charge in [0.1, 0.15) is 5.75 Å². The van der Waals surface area contributed by atoms with E-state index in [1.807, 2.05) is 31.2 Å². The molecule has 0 amide bonds. The number of anilines is 2. The lowest BCUT2D eigenvalue weighted by Gasteiger charge is -2.41. The highest BCUT2D eigenvalue weighted by Gasteiger charge is 2.32. The molecule has 3 N–H and O–H groups in total. The molecule has 0 saturated carbocycles. The number of guanidine groups is 2. The van der Waals surface area contributed by atoms with Crippen LogP contribution >= 0.6 is 12.4 Å². The fourth-order valence-corrected chi connectivity index (χ4v) is 3.49. The van der Waals surface area contributed by atoms with E-state index in [0.717, 1.165) is 36.2 Å². The number of nitrogens with one attached hydrogen (secondary N) is 1. The molecule has 0 aliphatic carbocycles. The van der Waals surface area contributed by atoms with E-state index in [1.54, 1.807) is 0 Å². The van der Waals surface area contributed by atoms with E-state index in [0.29, 0.717) is 19.8 Å². The van der Waals surface area contributed by atoms with Crippen LogP contribution in [0.2, 0.25) is 0 Å². The van der Waals surface area contributed by atoms with Crippen LogP contribution in [0.15, 0.2) is 58.5 Å². The third-order valence-corrected chi connectivity index (χ3v) is 5.00. The van der Waals surface area contributed by atoms with Gasteiger partial charge < -0.3 is 25.4 Å². The summed E-state index contributed by atoms with van der Waals surface area (Å²) in [5.41, 5.74) is 9.22. The third kappa shape index (κ3) is 5.39. The summed E-state index contributed by atoms with van der Waals surface area (Å²) in [6.07, 6.45) is -0.430. The zero-order valence-electron chi connectivity index (χ0n) is 17.8. The number of nitrogens with zero attached hydrogens (tertiary/aromatic N) is 4. The van der Waals surface area contributed by atoms with Crippen molar-refractivity contribution in [2.45, 2.75) is 20.1 Å². The Hall–Kier alpha value is -2.97. The fraction of sp³-hybridized carbons (Fsp3) is 0.364. The highest BCUT2D eigenvalue weighted by atomic mass is 35.5. The van der Waals surface area contributed by atoms with Crippen molar-refractivity contribution in [2.75, 3.05) is 43.1 Å². The van der Waals surface area contributed by atoms with Crippen molar-refractivity contribution in [3.8, 4) is 5.75 Å². The summed E-state index contributed by atoms with van der Waals surface area (Å²) in [5.74, 6) is 1.86. The lowest BCUT2D eigenvalue weighted by atomic mass is 10.2. The van der Waals surface area contributed by atoms with E-state index in [9.17, 15) is 0 Å². The van der Waals surface area contributed by atoms with Gasteiger partial charge in [0.05, 0.1) is 19.8 Å². The SMILES string of the molecule is CCOc1ccc(NC2N=C(N)N=C(N3CCOCC3)N2c2ccc(C)cc2)cc1.Cl. The molecule has 8 nitrogen and oxygen atoms in total. The number of hydrogen-bond acceptors (Lipinski definition) is 8. The van der Waals surface area contributed by atoms with Crippen LogP contribution in [0.5, 0.6) is 5.75 Å². The second-order valence-corrected chi connectivity index (χ2v) is 7.18. The smallest absolute Gasteiger partial charge is 0.222 e. The van der Waals surface area contributed by atoms with Gasteiger partial charge >= 0.3 is 0 Å². The minimum atomic E-state index is -0.430. The van der Waals surface area contributed by atoms with Gasteiger partial charge in [0.15, 0.2) is 0 Å². The third-order valence-electron chi connectivity index (χ3n) is 5.00. The molecule has 0 aromatic heterocycles. The molecule has 31 heavy (non-hydrogen) atoms. The Morgan fingerprint density at radius 1 is 1.10 bits per heavy atom. The number of rotatable bonds is 5. The van der Waals surface area contributed by atoms with Gasteiger partial charge in [-0.2, -0.15) is 4.99 Å². The normalized spacial score (nSPS) is 18.6. The van der Waals surface area contributed by atoms with Gasteiger partial charge in [-0.1, -0.05) is 17.7 Å². The first-order valence-electron chi connectivity index (χ1n) is 10.2. The Bertz CT molecular complexity index is 911. The van der Waals surface area contributed by atoms with Crippen molar-refractivity contribution < 1.29 is 9.47 Å². The molecule has 4 rings (SSSR count). The molecule has 2 aliphatic rings. The summed E-state index contributed by atoms with van der Waals surface area (Å²) < 4.78 is 11.1. The Kier molecular flexibility index (Phi) is 7.59. The lowest BCUT2D eigenvalue weighted by Crippen LogP contribution is -2.57. The molecule has 2 aromatic carbocycles. The number of halogens is 1. The molecule has 9 heteroatoms. The average molecular weight is 445 g/mol. The second-order valence-electron chi connectivity index (χ2n) is 7.18. The Balaban J connectivity index is 0.00000272. The molecule has 0 radical (unpaired) electrons. The van der Waals surface area contributed by atoms with Gasteiger partial charge in [-0.25, -0.2) is 4.99 Å². The fourth-order valence-electron chi connectivity index (χ4n) is 3.49. The number of nitrogens with two attached hydrogens (primary N) is 1. The molecule has 0 spiro atoms. The molecule has 166 valence electrons. The van der Waals surface area contributed by atoms with Gasteiger partial charge in [0.25, 0.3) is 0 Å². The van der Waals surface area contributed by atoms with Crippen molar-refractivity contribution in [3.05, 3.63) is 54.1 Å². The molecule has 2 aliphatic heterocycles. The Labute approximate surface area is 189 Å². The zero-order chi connectivity index (χ0) is 20.9. The molecule has 2 aromatic rings. The van der Waals surface area contributed by atoms with Crippen LogP contribution in [0, 0.1) is 6.92 Å². The van der Waals surface area contributed by atoms with E-state index in [1.165, 1.54) is 5.56 Å². The van der Waals surface area contributed by atoms with Gasteiger partial charge in [0, 0.05) is 24.5 Å². The molecule has 0 bridgehead atoms. The van der Waals surface area contributed by atoms with E-state index in [-0.39, 0.29) is 18.4 Å². The lowest BCUT2D eigenvalue weighted by molar-refractivity contribution is 0.0671. The molecule has 1 unspecified atom stereocenters. The van der Waals surface area contributed by atoms with Gasteiger partial charge in [0.2, 0.25) is 18.2 Å². The predicted octanol–water partition coefficient (Wildman–Crippen LogP) is 3.03. The van der Waals surface area contributed by atoms with Crippen LogP contribution in [0.1, 0.15) is 12.5 Å². The minimum absolute atomic E-state index is 0. The van der Waals surface area contributed by atoms with E-state index >= 15 is 0 Å². The number of ether oxygens (including phenoxy) is 2. The Morgan fingerprint density at radius 2 is 1.77 bits per heavy atom. The average Bonchev–Trinajstić information content (AvgIpc) is 2.76. The molecule has 1 saturated heterocycles. The highest BCUT2D eigenvalue weighted by molar-refractivity contribution is 6.06. The number of benzene rings is 2. The topological polar surface area (TPSA) is 87.7 Å². The van der Waals surface area contributed by atoms with Crippen LogP contribution in [0.25, 0.3) is 0 Å². The number of aryl methyl sites for hydroxylation is 1. The van der Waals surface area contributed by atoms with Crippen molar-refractivity contribution in [1.82, 2.24) is 4.90 Å². The number of hydrogen-bond donors (Lipinski definition) is 2. The van der Waals surface area contributed by atoms with Gasteiger partial charge in [-0.05, 0) is 50.2 Å². The van der Waals surface area contributed by atoms with Crippen LogP contribution in [0.4, 0.5) is 11.4 Å². The van der Waals surface area contributed by atoms with Crippen LogP contribution in [-0.4, -0.2) is 56.0 Å². The van der Waals surface area contributed by atoms with Crippen LogP contribution in [-0.2, 0) is 4.74 Å². The molecule has 1 atom stereocenters. The molecular formula is C22H29ClN6O2. The van der Waals surface area contributed by atoms with Crippen molar-refractivity contribution in [3.63, 3.8) is 0 Å². The maximum absolute atomic E-state index is 6.12. The molecule has 2 heterocycles. The summed E-state index contributed by atoms with van der Waals surface area (Å²) in [6.45, 7) is 7.51.